The molecule has 0 unspecified atom stereocenters. The van der Waals surface area contributed by atoms with Crippen molar-refractivity contribution in [3.63, 3.8) is 0 Å². The molecule has 0 aliphatic carbocycles. The average molecular weight is 176 g/mol. The van der Waals surface area contributed by atoms with E-state index in [4.69, 9.17) is 5.73 Å². The van der Waals surface area contributed by atoms with Gasteiger partial charge in [0.2, 0.25) is 0 Å². The lowest BCUT2D eigenvalue weighted by Crippen LogP contribution is -2.03. The second kappa shape index (κ2) is 3.52. The Morgan fingerprint density at radius 3 is 2.46 bits per heavy atom. The fourth-order valence-electron chi connectivity index (χ4n) is 1.59. The van der Waals surface area contributed by atoms with E-state index in [1.165, 1.54) is 5.56 Å². The van der Waals surface area contributed by atoms with E-state index in [0.717, 1.165) is 16.8 Å². The molecule has 1 aromatic carbocycles. The van der Waals surface area contributed by atoms with Crippen LogP contribution in [-0.2, 0) is 0 Å². The van der Waals surface area contributed by atoms with Gasteiger partial charge >= 0.3 is 0 Å². The molecule has 0 spiro atoms. The summed E-state index contributed by atoms with van der Waals surface area (Å²) in [7, 11) is 1.89. The molecule has 0 amide bonds. The molecule has 0 bridgehead atoms. The molecule has 1 rings (SSSR count). The van der Waals surface area contributed by atoms with Crippen LogP contribution in [-0.4, -0.2) is 7.05 Å². The van der Waals surface area contributed by atoms with Crippen molar-refractivity contribution in [1.82, 2.24) is 0 Å². The summed E-state index contributed by atoms with van der Waals surface area (Å²) in [6, 6.07) is 4.18. The molecule has 0 heterocycles. The molecule has 13 heavy (non-hydrogen) atoms. The molecule has 0 radical (unpaired) electrons. The number of rotatable bonds is 2. The van der Waals surface area contributed by atoms with Gasteiger partial charge in [-0.3, -0.25) is 0 Å². The van der Waals surface area contributed by atoms with Crippen LogP contribution in [0.15, 0.2) is 18.7 Å². The minimum absolute atomic E-state index is 0.613. The van der Waals surface area contributed by atoms with Crippen LogP contribution in [0.2, 0.25) is 0 Å². The Bertz CT molecular complexity index is 340. The fourth-order valence-corrected chi connectivity index (χ4v) is 1.59. The maximum atomic E-state index is 5.71. The van der Waals surface area contributed by atoms with Gasteiger partial charge in [0, 0.05) is 24.0 Å². The lowest BCUT2D eigenvalue weighted by Gasteiger charge is -2.13. The Balaban J connectivity index is 3.38. The SMILES string of the molecule is C=C(N)c1c(C)cc(C)cc1NC. The highest BCUT2D eigenvalue weighted by Gasteiger charge is 2.06. The van der Waals surface area contributed by atoms with Gasteiger partial charge in [-0.15, -0.1) is 0 Å². The van der Waals surface area contributed by atoms with Crippen LogP contribution in [0.1, 0.15) is 16.7 Å². The minimum atomic E-state index is 0.613. The Labute approximate surface area is 79.5 Å². The monoisotopic (exact) mass is 176 g/mol. The molecular formula is C11H16N2. The number of nitrogens with two attached hydrogens (primary N) is 1. The molecule has 70 valence electrons. The molecule has 0 aromatic heterocycles. The highest BCUT2D eigenvalue weighted by Crippen LogP contribution is 2.25. The summed E-state index contributed by atoms with van der Waals surface area (Å²) < 4.78 is 0. The smallest absolute Gasteiger partial charge is 0.0437 e. The van der Waals surface area contributed by atoms with E-state index < -0.39 is 0 Å². The summed E-state index contributed by atoms with van der Waals surface area (Å²) in [6.07, 6.45) is 0. The van der Waals surface area contributed by atoms with Gasteiger partial charge in [0.05, 0.1) is 0 Å². The summed E-state index contributed by atoms with van der Waals surface area (Å²) in [5, 5.41) is 3.12. The number of benzene rings is 1. The lowest BCUT2D eigenvalue weighted by atomic mass is 10.0. The topological polar surface area (TPSA) is 38.0 Å². The number of nitrogens with one attached hydrogen (secondary N) is 1. The minimum Gasteiger partial charge on any atom is -0.399 e. The standard InChI is InChI=1S/C11H16N2/c1-7-5-8(2)11(9(3)12)10(6-7)13-4/h5-6,13H,3,12H2,1-2,4H3. The van der Waals surface area contributed by atoms with Crippen LogP contribution >= 0.6 is 0 Å². The number of hydrogen-bond donors (Lipinski definition) is 2. The first-order valence-electron chi connectivity index (χ1n) is 4.30. The summed E-state index contributed by atoms with van der Waals surface area (Å²) in [4.78, 5) is 0. The molecular weight excluding hydrogens is 160 g/mol. The van der Waals surface area contributed by atoms with Crippen molar-refractivity contribution >= 4 is 11.4 Å². The van der Waals surface area contributed by atoms with Gasteiger partial charge in [0.25, 0.3) is 0 Å². The van der Waals surface area contributed by atoms with Crippen molar-refractivity contribution in [3.05, 3.63) is 35.4 Å². The number of aryl methyl sites for hydroxylation is 2. The third-order valence-electron chi connectivity index (χ3n) is 2.07. The van der Waals surface area contributed by atoms with Gasteiger partial charge in [-0.2, -0.15) is 0 Å². The number of anilines is 1. The molecule has 3 N–H and O–H groups in total. The third kappa shape index (κ3) is 1.83. The summed E-state index contributed by atoms with van der Waals surface area (Å²) in [5.41, 5.74) is 10.8. The quantitative estimate of drug-likeness (QED) is 0.725. The van der Waals surface area contributed by atoms with E-state index in [1.807, 2.05) is 14.0 Å². The van der Waals surface area contributed by atoms with Crippen LogP contribution < -0.4 is 11.1 Å². The van der Waals surface area contributed by atoms with Crippen molar-refractivity contribution in [2.45, 2.75) is 13.8 Å². The van der Waals surface area contributed by atoms with E-state index in [-0.39, 0.29) is 0 Å². The molecule has 2 nitrogen and oxygen atoms in total. The Hall–Kier alpha value is -1.44. The first kappa shape index (κ1) is 9.65. The summed E-state index contributed by atoms with van der Waals surface area (Å²) >= 11 is 0. The zero-order valence-electron chi connectivity index (χ0n) is 8.44. The second-order valence-electron chi connectivity index (χ2n) is 3.28. The predicted molar refractivity (Wildman–Crippen MR) is 58.7 cm³/mol. The molecule has 0 aliphatic heterocycles. The van der Waals surface area contributed by atoms with Crippen molar-refractivity contribution < 1.29 is 0 Å². The number of hydrogen-bond acceptors (Lipinski definition) is 2. The summed E-state index contributed by atoms with van der Waals surface area (Å²) in [5.74, 6) is 0. The van der Waals surface area contributed by atoms with Crippen LogP contribution in [0, 0.1) is 13.8 Å². The van der Waals surface area contributed by atoms with Gasteiger partial charge in [0.1, 0.15) is 0 Å². The molecule has 0 saturated carbocycles. The predicted octanol–water partition coefficient (Wildman–Crippen LogP) is 2.27. The van der Waals surface area contributed by atoms with Crippen LogP contribution in [0.25, 0.3) is 5.70 Å². The van der Waals surface area contributed by atoms with Crippen molar-refractivity contribution in [3.8, 4) is 0 Å². The maximum Gasteiger partial charge on any atom is 0.0437 e. The largest absolute Gasteiger partial charge is 0.399 e. The van der Waals surface area contributed by atoms with E-state index in [0.29, 0.717) is 5.70 Å². The van der Waals surface area contributed by atoms with Gasteiger partial charge in [-0.1, -0.05) is 12.6 Å². The van der Waals surface area contributed by atoms with Gasteiger partial charge < -0.3 is 11.1 Å². The van der Waals surface area contributed by atoms with E-state index in [9.17, 15) is 0 Å². The Morgan fingerprint density at radius 2 is 2.00 bits per heavy atom. The van der Waals surface area contributed by atoms with Gasteiger partial charge in [-0.05, 0) is 31.0 Å². The van der Waals surface area contributed by atoms with Crippen LogP contribution in [0.4, 0.5) is 5.69 Å². The first-order valence-corrected chi connectivity index (χ1v) is 4.30. The van der Waals surface area contributed by atoms with Crippen molar-refractivity contribution in [2.24, 2.45) is 5.73 Å². The zero-order valence-corrected chi connectivity index (χ0v) is 8.44. The normalized spacial score (nSPS) is 9.77. The van der Waals surface area contributed by atoms with E-state index in [2.05, 4.69) is 31.0 Å². The molecule has 0 aliphatic rings. The van der Waals surface area contributed by atoms with Crippen molar-refractivity contribution in [2.75, 3.05) is 12.4 Å². The molecule has 1 aromatic rings. The first-order chi connectivity index (χ1) is 6.06. The Morgan fingerprint density at radius 1 is 1.38 bits per heavy atom. The summed E-state index contributed by atoms with van der Waals surface area (Å²) in [6.45, 7) is 7.87. The highest BCUT2D eigenvalue weighted by atomic mass is 14.8. The van der Waals surface area contributed by atoms with Crippen LogP contribution in [0.3, 0.4) is 0 Å². The van der Waals surface area contributed by atoms with Crippen LogP contribution in [0.5, 0.6) is 0 Å². The molecule has 0 atom stereocenters. The van der Waals surface area contributed by atoms with E-state index in [1.54, 1.807) is 0 Å². The molecule has 0 saturated heterocycles. The fraction of sp³-hybridized carbons (Fsp3) is 0.273. The second-order valence-corrected chi connectivity index (χ2v) is 3.28. The molecule has 2 heteroatoms. The molecule has 0 fully saturated rings. The maximum absolute atomic E-state index is 5.71. The van der Waals surface area contributed by atoms with Gasteiger partial charge in [0.15, 0.2) is 0 Å². The van der Waals surface area contributed by atoms with E-state index >= 15 is 0 Å². The van der Waals surface area contributed by atoms with Crippen molar-refractivity contribution in [1.29, 1.82) is 0 Å². The average Bonchev–Trinajstić information content (AvgIpc) is 2.01. The third-order valence-corrected chi connectivity index (χ3v) is 2.07. The zero-order chi connectivity index (χ0) is 10.0. The van der Waals surface area contributed by atoms with Gasteiger partial charge in [-0.25, -0.2) is 0 Å². The lowest BCUT2D eigenvalue weighted by molar-refractivity contribution is 1.32. The Kier molecular flexibility index (Phi) is 2.61. The highest BCUT2D eigenvalue weighted by molar-refractivity contribution is 5.76.